The van der Waals surface area contributed by atoms with Gasteiger partial charge in [0.25, 0.3) is 5.91 Å². The summed E-state index contributed by atoms with van der Waals surface area (Å²) in [7, 11) is 0. The molecule has 0 aliphatic carbocycles. The highest BCUT2D eigenvalue weighted by Crippen LogP contribution is 2.33. The molecule has 3 unspecified atom stereocenters. The number of nitrogens with zero attached hydrogens (tertiary/aromatic N) is 1. The van der Waals surface area contributed by atoms with Crippen molar-refractivity contribution in [2.45, 2.75) is 63.3 Å². The number of benzene rings is 1. The third-order valence-electron chi connectivity index (χ3n) is 5.47. The Kier molecular flexibility index (Phi) is 5.73. The summed E-state index contributed by atoms with van der Waals surface area (Å²) < 4.78 is 5.63. The van der Waals surface area contributed by atoms with Crippen LogP contribution in [0.3, 0.4) is 0 Å². The van der Waals surface area contributed by atoms with E-state index in [0.717, 1.165) is 18.5 Å². The Balaban J connectivity index is 0.00000196. The molecule has 2 bridgehead atoms. The van der Waals surface area contributed by atoms with Gasteiger partial charge in [-0.1, -0.05) is 12.1 Å². The van der Waals surface area contributed by atoms with Crippen LogP contribution >= 0.6 is 12.4 Å². The van der Waals surface area contributed by atoms with E-state index in [1.54, 1.807) is 11.8 Å². The van der Waals surface area contributed by atoms with Gasteiger partial charge in [-0.25, -0.2) is 0 Å². The number of hydrogen-bond acceptors (Lipinski definition) is 4. The van der Waals surface area contributed by atoms with Gasteiger partial charge >= 0.3 is 0 Å². The van der Waals surface area contributed by atoms with Crippen LogP contribution in [0, 0.1) is 0 Å². The first kappa shape index (κ1) is 19.0. The Morgan fingerprint density at radius 3 is 2.69 bits per heavy atom. The molecule has 4 rings (SSSR count). The number of halogens is 1. The molecule has 0 aromatic heterocycles. The van der Waals surface area contributed by atoms with Gasteiger partial charge in [0, 0.05) is 31.1 Å². The lowest BCUT2D eigenvalue weighted by Crippen LogP contribution is -2.49. The molecule has 142 valence electrons. The SMILES string of the molecule is CC1Oc2ccccc2N(CCC(=O)NC2CC3CCC(C2)N3)C1=O.Cl. The number of carbonyl (C=O) groups is 2. The van der Waals surface area contributed by atoms with E-state index < -0.39 is 6.10 Å². The van der Waals surface area contributed by atoms with Crippen LogP contribution in [0.25, 0.3) is 0 Å². The van der Waals surface area contributed by atoms with Gasteiger partial charge in [0.1, 0.15) is 5.75 Å². The summed E-state index contributed by atoms with van der Waals surface area (Å²) in [6.45, 7) is 2.13. The van der Waals surface area contributed by atoms with Crippen molar-refractivity contribution in [3.8, 4) is 5.75 Å². The first-order chi connectivity index (χ1) is 12.1. The van der Waals surface area contributed by atoms with Crippen LogP contribution in [-0.4, -0.2) is 42.6 Å². The number of anilines is 1. The largest absolute Gasteiger partial charge is 0.479 e. The number of amides is 2. The molecule has 0 saturated carbocycles. The van der Waals surface area contributed by atoms with Crippen molar-refractivity contribution in [1.29, 1.82) is 0 Å². The van der Waals surface area contributed by atoms with Gasteiger partial charge in [-0.05, 0) is 44.7 Å². The number of hydrogen-bond donors (Lipinski definition) is 2. The number of fused-ring (bicyclic) bond motifs is 3. The summed E-state index contributed by atoms with van der Waals surface area (Å²) in [6, 6.07) is 8.85. The predicted octanol–water partition coefficient (Wildman–Crippen LogP) is 2.01. The number of rotatable bonds is 4. The molecule has 2 N–H and O–H groups in total. The van der Waals surface area contributed by atoms with E-state index in [4.69, 9.17) is 4.74 Å². The summed E-state index contributed by atoms with van der Waals surface area (Å²) in [4.78, 5) is 26.5. The maximum atomic E-state index is 12.4. The molecule has 1 aromatic carbocycles. The van der Waals surface area contributed by atoms with Gasteiger partial charge < -0.3 is 20.3 Å². The molecule has 26 heavy (non-hydrogen) atoms. The van der Waals surface area contributed by atoms with Gasteiger partial charge in [0.15, 0.2) is 6.10 Å². The van der Waals surface area contributed by atoms with Crippen LogP contribution in [0.5, 0.6) is 5.75 Å². The van der Waals surface area contributed by atoms with Crippen LogP contribution in [0.2, 0.25) is 0 Å². The fourth-order valence-corrected chi connectivity index (χ4v) is 4.28. The van der Waals surface area contributed by atoms with Gasteiger partial charge in [-0.15, -0.1) is 12.4 Å². The molecule has 3 heterocycles. The molecule has 3 aliphatic heterocycles. The molecule has 1 aromatic rings. The zero-order valence-electron chi connectivity index (χ0n) is 14.9. The summed E-state index contributed by atoms with van der Waals surface area (Å²) in [5, 5.41) is 6.74. The van der Waals surface area contributed by atoms with Crippen LogP contribution in [0.15, 0.2) is 24.3 Å². The maximum Gasteiger partial charge on any atom is 0.267 e. The van der Waals surface area contributed by atoms with Crippen LogP contribution in [-0.2, 0) is 9.59 Å². The summed E-state index contributed by atoms with van der Waals surface area (Å²) in [5.41, 5.74) is 0.748. The molecule has 0 spiro atoms. The summed E-state index contributed by atoms with van der Waals surface area (Å²) in [6.07, 6.45) is 4.25. The zero-order valence-corrected chi connectivity index (χ0v) is 15.8. The molecule has 3 atom stereocenters. The molecule has 2 amide bonds. The lowest BCUT2D eigenvalue weighted by atomic mass is 10.00. The van der Waals surface area contributed by atoms with E-state index >= 15 is 0 Å². The normalized spacial score (nSPS) is 29.4. The van der Waals surface area contributed by atoms with Crippen molar-refractivity contribution in [2.24, 2.45) is 0 Å². The minimum atomic E-state index is -0.516. The Morgan fingerprint density at radius 1 is 1.27 bits per heavy atom. The highest BCUT2D eigenvalue weighted by atomic mass is 35.5. The molecule has 7 heteroatoms. The van der Waals surface area contributed by atoms with E-state index in [1.807, 2.05) is 24.3 Å². The minimum Gasteiger partial charge on any atom is -0.479 e. The van der Waals surface area contributed by atoms with E-state index in [0.29, 0.717) is 30.8 Å². The number of ether oxygens (including phenoxy) is 1. The molecule has 6 nitrogen and oxygen atoms in total. The Labute approximate surface area is 160 Å². The van der Waals surface area contributed by atoms with E-state index in [-0.39, 0.29) is 30.3 Å². The Morgan fingerprint density at radius 2 is 1.96 bits per heavy atom. The highest BCUT2D eigenvalue weighted by Gasteiger charge is 2.34. The van der Waals surface area contributed by atoms with Crippen molar-refractivity contribution in [2.75, 3.05) is 11.4 Å². The Hall–Kier alpha value is -1.79. The van der Waals surface area contributed by atoms with Crippen LogP contribution in [0.1, 0.15) is 39.0 Å². The second kappa shape index (κ2) is 7.84. The first-order valence-corrected chi connectivity index (χ1v) is 9.22. The number of para-hydroxylation sites is 2. The molecule has 2 saturated heterocycles. The molecule has 0 radical (unpaired) electrons. The number of nitrogens with one attached hydrogen (secondary N) is 2. The summed E-state index contributed by atoms with van der Waals surface area (Å²) >= 11 is 0. The Bertz CT molecular complexity index is 672. The van der Waals surface area contributed by atoms with Crippen molar-refractivity contribution >= 4 is 29.9 Å². The van der Waals surface area contributed by atoms with Gasteiger partial charge in [-0.3, -0.25) is 9.59 Å². The standard InChI is InChI=1S/C19H25N3O3.ClH/c1-12-19(24)22(16-4-2-3-5-17(16)25-12)9-8-18(23)21-15-10-13-6-7-14(11-15)20-13;/h2-5,12-15,20H,6-11H2,1H3,(H,21,23);1H. The topological polar surface area (TPSA) is 70.7 Å². The smallest absolute Gasteiger partial charge is 0.267 e. The predicted molar refractivity (Wildman–Crippen MR) is 102 cm³/mol. The van der Waals surface area contributed by atoms with E-state index in [9.17, 15) is 9.59 Å². The second-order valence-corrected chi connectivity index (χ2v) is 7.34. The lowest BCUT2D eigenvalue weighted by Gasteiger charge is -2.33. The third kappa shape index (κ3) is 3.81. The van der Waals surface area contributed by atoms with Crippen molar-refractivity contribution in [3.05, 3.63) is 24.3 Å². The fourth-order valence-electron chi connectivity index (χ4n) is 4.28. The fraction of sp³-hybridized carbons (Fsp3) is 0.579. The van der Waals surface area contributed by atoms with Gasteiger partial charge in [0.2, 0.25) is 5.91 Å². The molecule has 3 aliphatic rings. The quantitative estimate of drug-likeness (QED) is 0.839. The van der Waals surface area contributed by atoms with Crippen LogP contribution < -0.4 is 20.3 Å². The number of piperidine rings is 1. The highest BCUT2D eigenvalue weighted by molar-refractivity contribution is 6.00. The maximum absolute atomic E-state index is 12.4. The second-order valence-electron chi connectivity index (χ2n) is 7.34. The lowest BCUT2D eigenvalue weighted by molar-refractivity contribution is -0.125. The summed E-state index contributed by atoms with van der Waals surface area (Å²) in [5.74, 6) is 0.632. The molecular weight excluding hydrogens is 354 g/mol. The van der Waals surface area contributed by atoms with E-state index in [1.165, 1.54) is 12.8 Å². The average molecular weight is 380 g/mol. The van der Waals surface area contributed by atoms with E-state index in [2.05, 4.69) is 10.6 Å². The molecular formula is C19H26ClN3O3. The monoisotopic (exact) mass is 379 g/mol. The minimum absolute atomic E-state index is 0. The average Bonchev–Trinajstić information content (AvgIpc) is 2.94. The van der Waals surface area contributed by atoms with Gasteiger partial charge in [0.05, 0.1) is 5.69 Å². The van der Waals surface area contributed by atoms with Crippen LogP contribution in [0.4, 0.5) is 5.69 Å². The molecule has 2 fully saturated rings. The van der Waals surface area contributed by atoms with Crippen molar-refractivity contribution in [1.82, 2.24) is 10.6 Å². The van der Waals surface area contributed by atoms with Crippen molar-refractivity contribution in [3.63, 3.8) is 0 Å². The van der Waals surface area contributed by atoms with Gasteiger partial charge in [-0.2, -0.15) is 0 Å². The third-order valence-corrected chi connectivity index (χ3v) is 5.47. The zero-order chi connectivity index (χ0) is 17.4. The number of carbonyl (C=O) groups excluding carboxylic acids is 2. The first-order valence-electron chi connectivity index (χ1n) is 9.22. The van der Waals surface area contributed by atoms with Crippen molar-refractivity contribution < 1.29 is 14.3 Å².